The molecular weight excluding hydrogens is 514 g/mol. The number of anilines is 1. The third kappa shape index (κ3) is 4.64. The van der Waals surface area contributed by atoms with Gasteiger partial charge in [0.05, 0.1) is 56.2 Å². The number of Topliss-reactive ketones (excluding diaryl/α,β-unsaturated/α-hetero) is 1. The van der Waals surface area contributed by atoms with Crippen LogP contribution in [0.1, 0.15) is 27.5 Å². The molecule has 1 atom stereocenters. The Bertz CT molecular complexity index is 1450. The quantitative estimate of drug-likeness (QED) is 0.198. The number of methoxy groups -OCH3 is 4. The van der Waals surface area contributed by atoms with Crippen LogP contribution in [0, 0.1) is 0 Å². The first-order valence-corrected chi connectivity index (χ1v) is 11.7. The number of rotatable bonds is 7. The van der Waals surface area contributed by atoms with E-state index in [0.29, 0.717) is 17.1 Å². The molecule has 0 aromatic heterocycles. The van der Waals surface area contributed by atoms with Crippen molar-refractivity contribution >= 4 is 40.7 Å². The summed E-state index contributed by atoms with van der Waals surface area (Å²) in [6.45, 7) is 0. The highest BCUT2D eigenvalue weighted by atomic mass is 35.5. The first kappa shape index (κ1) is 26.6. The summed E-state index contributed by atoms with van der Waals surface area (Å²) in [5.41, 5.74) is 0.855. The number of benzene rings is 3. The molecule has 0 radical (unpaired) electrons. The standard InChI is InChI=1S/C28H24ClNO8/c1-35-18-10-8-15(9-11-18)24-23(25(31)19-13-20(29)22(37-3)14-21(19)36-2)26(32)27(33)30(24)17-7-5-6-16(12-17)28(34)38-4/h5-14,24,31H,1-4H3/b25-23+. The van der Waals surface area contributed by atoms with Crippen LogP contribution < -0.4 is 19.1 Å². The molecule has 1 unspecified atom stereocenters. The number of aliphatic hydroxyl groups is 1. The van der Waals surface area contributed by atoms with Crippen LogP contribution in [0.15, 0.2) is 66.2 Å². The maximum absolute atomic E-state index is 13.5. The Morgan fingerprint density at radius 3 is 2.18 bits per heavy atom. The van der Waals surface area contributed by atoms with Crippen LogP contribution in [0.25, 0.3) is 5.76 Å². The predicted molar refractivity (Wildman–Crippen MR) is 140 cm³/mol. The lowest BCUT2D eigenvalue weighted by Crippen LogP contribution is -2.29. The minimum absolute atomic E-state index is 0.0955. The number of nitrogens with zero attached hydrogens (tertiary/aromatic N) is 1. The van der Waals surface area contributed by atoms with Crippen molar-refractivity contribution in [3.05, 3.63) is 87.9 Å². The number of esters is 1. The molecule has 38 heavy (non-hydrogen) atoms. The van der Waals surface area contributed by atoms with Gasteiger partial charge >= 0.3 is 5.97 Å². The van der Waals surface area contributed by atoms with Gasteiger partial charge in [0.15, 0.2) is 0 Å². The zero-order valence-electron chi connectivity index (χ0n) is 21.0. The maximum atomic E-state index is 13.5. The molecule has 1 aliphatic heterocycles. The Morgan fingerprint density at radius 1 is 0.895 bits per heavy atom. The summed E-state index contributed by atoms with van der Waals surface area (Å²) in [6, 6.07) is 14.6. The number of ketones is 1. The highest BCUT2D eigenvalue weighted by molar-refractivity contribution is 6.51. The number of carbonyl (C=O) groups is 3. The molecule has 0 aliphatic carbocycles. The summed E-state index contributed by atoms with van der Waals surface area (Å²) in [7, 11) is 5.57. The predicted octanol–water partition coefficient (Wildman–Crippen LogP) is 4.78. The normalized spacial score (nSPS) is 16.3. The van der Waals surface area contributed by atoms with Crippen molar-refractivity contribution in [2.75, 3.05) is 33.3 Å². The summed E-state index contributed by atoms with van der Waals surface area (Å²) < 4.78 is 20.7. The van der Waals surface area contributed by atoms with Crippen molar-refractivity contribution in [1.82, 2.24) is 0 Å². The van der Waals surface area contributed by atoms with E-state index in [2.05, 4.69) is 0 Å². The summed E-state index contributed by atoms with van der Waals surface area (Å²) in [4.78, 5) is 40.3. The molecule has 196 valence electrons. The molecule has 0 spiro atoms. The van der Waals surface area contributed by atoms with E-state index >= 15 is 0 Å². The highest BCUT2D eigenvalue weighted by Crippen LogP contribution is 2.45. The monoisotopic (exact) mass is 537 g/mol. The Kier molecular flexibility index (Phi) is 7.59. The van der Waals surface area contributed by atoms with Gasteiger partial charge < -0.3 is 24.1 Å². The van der Waals surface area contributed by atoms with E-state index in [1.165, 1.54) is 57.6 Å². The summed E-state index contributed by atoms with van der Waals surface area (Å²) >= 11 is 6.31. The van der Waals surface area contributed by atoms with Crippen LogP contribution in [0.4, 0.5) is 5.69 Å². The number of carbonyl (C=O) groups excluding carboxylic acids is 3. The van der Waals surface area contributed by atoms with Crippen LogP contribution >= 0.6 is 11.6 Å². The zero-order chi connectivity index (χ0) is 27.6. The van der Waals surface area contributed by atoms with E-state index in [4.69, 9.17) is 30.5 Å². The van der Waals surface area contributed by atoms with E-state index in [1.807, 2.05) is 0 Å². The van der Waals surface area contributed by atoms with Gasteiger partial charge in [0.2, 0.25) is 0 Å². The van der Waals surface area contributed by atoms with Crippen LogP contribution in [0.2, 0.25) is 5.02 Å². The van der Waals surface area contributed by atoms with E-state index in [9.17, 15) is 19.5 Å². The van der Waals surface area contributed by atoms with E-state index in [1.54, 1.807) is 36.4 Å². The Balaban J connectivity index is 1.98. The Hall–Kier alpha value is -4.50. The van der Waals surface area contributed by atoms with Crippen molar-refractivity contribution in [2.24, 2.45) is 0 Å². The van der Waals surface area contributed by atoms with Gasteiger partial charge in [-0.15, -0.1) is 0 Å². The summed E-state index contributed by atoms with van der Waals surface area (Å²) in [5, 5.41) is 11.7. The van der Waals surface area contributed by atoms with Crippen LogP contribution in [-0.2, 0) is 14.3 Å². The van der Waals surface area contributed by atoms with Gasteiger partial charge in [0.25, 0.3) is 11.7 Å². The maximum Gasteiger partial charge on any atom is 0.337 e. The molecule has 9 nitrogen and oxygen atoms in total. The van der Waals surface area contributed by atoms with Crippen LogP contribution in [0.3, 0.4) is 0 Å². The van der Waals surface area contributed by atoms with Gasteiger partial charge in [-0.1, -0.05) is 29.8 Å². The molecule has 0 bridgehead atoms. The minimum Gasteiger partial charge on any atom is -0.507 e. The molecule has 4 rings (SSSR count). The molecule has 1 amide bonds. The highest BCUT2D eigenvalue weighted by Gasteiger charge is 2.47. The molecule has 1 aliphatic rings. The van der Waals surface area contributed by atoms with E-state index in [0.717, 1.165) is 0 Å². The summed E-state index contributed by atoms with van der Waals surface area (Å²) in [6.07, 6.45) is 0. The molecule has 1 fully saturated rings. The molecule has 3 aromatic rings. The van der Waals surface area contributed by atoms with Crippen molar-refractivity contribution in [2.45, 2.75) is 6.04 Å². The third-order valence-corrected chi connectivity index (χ3v) is 6.45. The van der Waals surface area contributed by atoms with Crippen molar-refractivity contribution < 1.29 is 38.4 Å². The first-order chi connectivity index (χ1) is 18.2. The topological polar surface area (TPSA) is 112 Å². The smallest absolute Gasteiger partial charge is 0.337 e. The summed E-state index contributed by atoms with van der Waals surface area (Å²) in [5.74, 6) is -1.89. The van der Waals surface area contributed by atoms with Gasteiger partial charge in [-0.3, -0.25) is 14.5 Å². The average Bonchev–Trinajstić information content (AvgIpc) is 3.21. The van der Waals surface area contributed by atoms with Gasteiger partial charge in [-0.25, -0.2) is 4.79 Å². The van der Waals surface area contributed by atoms with Crippen molar-refractivity contribution in [3.63, 3.8) is 0 Å². The molecule has 1 saturated heterocycles. The second-order valence-electron chi connectivity index (χ2n) is 8.17. The molecule has 10 heteroatoms. The largest absolute Gasteiger partial charge is 0.507 e. The number of halogens is 1. The lowest BCUT2D eigenvalue weighted by molar-refractivity contribution is -0.132. The third-order valence-electron chi connectivity index (χ3n) is 6.15. The number of hydrogen-bond donors (Lipinski definition) is 1. The lowest BCUT2D eigenvalue weighted by atomic mass is 9.94. The van der Waals surface area contributed by atoms with E-state index in [-0.39, 0.29) is 33.2 Å². The van der Waals surface area contributed by atoms with Gasteiger partial charge in [0.1, 0.15) is 23.0 Å². The first-order valence-electron chi connectivity index (χ1n) is 11.3. The Labute approximate surface area is 223 Å². The van der Waals surface area contributed by atoms with Crippen LogP contribution in [-0.4, -0.2) is 51.2 Å². The average molecular weight is 538 g/mol. The number of hydrogen-bond acceptors (Lipinski definition) is 8. The second kappa shape index (κ2) is 10.9. The van der Waals surface area contributed by atoms with Crippen molar-refractivity contribution in [1.29, 1.82) is 0 Å². The van der Waals surface area contributed by atoms with E-state index < -0.39 is 29.5 Å². The number of aliphatic hydroxyl groups excluding tert-OH is 1. The molecule has 0 saturated carbocycles. The van der Waals surface area contributed by atoms with Crippen molar-refractivity contribution in [3.8, 4) is 17.2 Å². The van der Waals surface area contributed by atoms with Gasteiger partial charge in [-0.05, 0) is 42.0 Å². The molecule has 1 heterocycles. The number of ether oxygens (including phenoxy) is 4. The fourth-order valence-corrected chi connectivity index (χ4v) is 4.53. The minimum atomic E-state index is -1.06. The SMILES string of the molecule is COC(=O)c1cccc(N2C(=O)C(=O)/C(=C(/O)c3cc(Cl)c(OC)cc3OC)C2c2ccc(OC)cc2)c1. The molecule has 3 aromatic carbocycles. The van der Waals surface area contributed by atoms with Gasteiger partial charge in [-0.2, -0.15) is 0 Å². The molecular formula is C28H24ClNO8. The molecule has 1 N–H and O–H groups in total. The second-order valence-corrected chi connectivity index (χ2v) is 8.58. The fourth-order valence-electron chi connectivity index (χ4n) is 4.29. The fraction of sp³-hybridized carbons (Fsp3) is 0.179. The lowest BCUT2D eigenvalue weighted by Gasteiger charge is -2.26. The zero-order valence-corrected chi connectivity index (χ0v) is 21.7. The Morgan fingerprint density at radius 2 is 1.58 bits per heavy atom. The van der Waals surface area contributed by atoms with Crippen LogP contribution in [0.5, 0.6) is 17.2 Å². The van der Waals surface area contributed by atoms with Gasteiger partial charge in [0, 0.05) is 11.8 Å². The number of amides is 1.